The molecule has 0 atom stereocenters. The number of nitrogens with one attached hydrogen (secondary N) is 2. The molecule has 25 heavy (non-hydrogen) atoms. The van der Waals surface area contributed by atoms with Crippen molar-refractivity contribution < 1.29 is 9.18 Å². The highest BCUT2D eigenvalue weighted by Gasteiger charge is 2.23. The van der Waals surface area contributed by atoms with Gasteiger partial charge in [0.2, 0.25) is 0 Å². The second-order valence-corrected chi connectivity index (χ2v) is 5.99. The highest BCUT2D eigenvalue weighted by atomic mass is 19.1. The average molecular weight is 342 g/mol. The van der Waals surface area contributed by atoms with Crippen LogP contribution in [0.3, 0.4) is 0 Å². The normalized spacial score (nSPS) is 13.3. The van der Waals surface area contributed by atoms with Gasteiger partial charge in [-0.05, 0) is 49.9 Å². The third-order valence-electron chi connectivity index (χ3n) is 3.97. The van der Waals surface area contributed by atoms with E-state index in [-0.39, 0.29) is 17.7 Å². The number of rotatable bonds is 6. The molecule has 2 amide bonds. The number of urea groups is 1. The second kappa shape index (κ2) is 7.21. The Labute approximate surface area is 144 Å². The Bertz CT molecular complexity index is 804. The van der Waals surface area contributed by atoms with Gasteiger partial charge in [0.25, 0.3) is 0 Å². The standard InChI is InChI=1S/C17H19FN6O/c18-11-3-7-13(8-4-11)24-16(20)14(10-19)15(23-24)2-1-9-21-17(25)22-12-5-6-12/h3-4,7-8,12H,1-2,5-6,9,20H2,(H2,21,22,25). The number of nitrogens with zero attached hydrogens (tertiary/aromatic N) is 3. The Balaban J connectivity index is 1.62. The summed E-state index contributed by atoms with van der Waals surface area (Å²) in [6, 6.07) is 7.93. The Morgan fingerprint density at radius 3 is 2.76 bits per heavy atom. The van der Waals surface area contributed by atoms with Crippen molar-refractivity contribution in [2.24, 2.45) is 0 Å². The third-order valence-corrected chi connectivity index (χ3v) is 3.97. The van der Waals surface area contributed by atoms with Gasteiger partial charge >= 0.3 is 6.03 Å². The van der Waals surface area contributed by atoms with E-state index in [1.807, 2.05) is 0 Å². The van der Waals surface area contributed by atoms with Crippen molar-refractivity contribution in [1.29, 1.82) is 5.26 Å². The summed E-state index contributed by atoms with van der Waals surface area (Å²) in [5, 5.41) is 19.3. The van der Waals surface area contributed by atoms with E-state index in [4.69, 9.17) is 5.73 Å². The highest BCUT2D eigenvalue weighted by Crippen LogP contribution is 2.21. The summed E-state index contributed by atoms with van der Waals surface area (Å²) >= 11 is 0. The summed E-state index contributed by atoms with van der Waals surface area (Å²) in [6.45, 7) is 0.479. The Morgan fingerprint density at radius 2 is 2.12 bits per heavy atom. The SMILES string of the molecule is N#Cc1c(CCCNC(=O)NC2CC2)nn(-c2ccc(F)cc2)c1N. The minimum absolute atomic E-state index is 0.167. The second-order valence-electron chi connectivity index (χ2n) is 5.99. The number of amides is 2. The number of carbonyl (C=O) groups excluding carboxylic acids is 1. The fourth-order valence-electron chi connectivity index (χ4n) is 2.48. The van der Waals surface area contributed by atoms with Gasteiger partial charge in [-0.15, -0.1) is 0 Å². The molecular weight excluding hydrogens is 323 g/mol. The van der Waals surface area contributed by atoms with E-state index in [0.717, 1.165) is 12.8 Å². The van der Waals surface area contributed by atoms with Gasteiger partial charge in [-0.1, -0.05) is 0 Å². The van der Waals surface area contributed by atoms with Crippen LogP contribution in [-0.2, 0) is 6.42 Å². The van der Waals surface area contributed by atoms with Crippen molar-refractivity contribution in [2.45, 2.75) is 31.7 Å². The van der Waals surface area contributed by atoms with Crippen molar-refractivity contribution >= 4 is 11.8 Å². The zero-order chi connectivity index (χ0) is 17.8. The lowest BCUT2D eigenvalue weighted by Gasteiger charge is -2.05. The van der Waals surface area contributed by atoms with Crippen molar-refractivity contribution in [3.63, 3.8) is 0 Å². The monoisotopic (exact) mass is 342 g/mol. The van der Waals surface area contributed by atoms with Gasteiger partial charge in [-0.25, -0.2) is 13.9 Å². The summed E-state index contributed by atoms with van der Waals surface area (Å²) in [4.78, 5) is 11.6. The maximum atomic E-state index is 13.1. The molecule has 4 N–H and O–H groups in total. The Kier molecular flexibility index (Phi) is 4.84. The Morgan fingerprint density at radius 1 is 1.40 bits per heavy atom. The number of carbonyl (C=O) groups is 1. The zero-order valence-electron chi connectivity index (χ0n) is 13.6. The van der Waals surface area contributed by atoms with Crippen LogP contribution in [0, 0.1) is 17.1 Å². The summed E-state index contributed by atoms with van der Waals surface area (Å²) in [7, 11) is 0. The molecule has 1 aromatic carbocycles. The molecule has 0 bridgehead atoms. The molecule has 1 fully saturated rings. The van der Waals surface area contributed by atoms with Crippen LogP contribution in [0.2, 0.25) is 0 Å². The minimum Gasteiger partial charge on any atom is -0.382 e. The summed E-state index contributed by atoms with van der Waals surface area (Å²) in [5.41, 5.74) is 7.47. The fraction of sp³-hybridized carbons (Fsp3) is 0.353. The number of hydrogen-bond acceptors (Lipinski definition) is 4. The number of halogens is 1. The van der Waals surface area contributed by atoms with Crippen molar-refractivity contribution in [1.82, 2.24) is 20.4 Å². The van der Waals surface area contributed by atoms with Gasteiger partial charge in [-0.3, -0.25) is 0 Å². The van der Waals surface area contributed by atoms with Gasteiger partial charge in [-0.2, -0.15) is 10.4 Å². The lowest BCUT2D eigenvalue weighted by molar-refractivity contribution is 0.240. The average Bonchev–Trinajstić information content (AvgIpc) is 3.35. The maximum Gasteiger partial charge on any atom is 0.315 e. The highest BCUT2D eigenvalue weighted by molar-refractivity contribution is 5.74. The van der Waals surface area contributed by atoms with Gasteiger partial charge in [0.15, 0.2) is 0 Å². The first-order chi connectivity index (χ1) is 12.1. The number of benzene rings is 1. The first-order valence-electron chi connectivity index (χ1n) is 8.16. The molecule has 1 saturated carbocycles. The van der Waals surface area contributed by atoms with Gasteiger partial charge in [0, 0.05) is 12.6 Å². The topological polar surface area (TPSA) is 109 Å². The molecule has 1 heterocycles. The van der Waals surface area contributed by atoms with Crippen LogP contribution in [0.1, 0.15) is 30.5 Å². The molecular formula is C17H19FN6O. The number of aromatic nitrogens is 2. The van der Waals surface area contributed by atoms with Crippen LogP contribution >= 0.6 is 0 Å². The van der Waals surface area contributed by atoms with Crippen LogP contribution in [0.15, 0.2) is 24.3 Å². The first kappa shape index (κ1) is 16.8. The molecule has 2 aromatic rings. The summed E-state index contributed by atoms with van der Waals surface area (Å²) < 4.78 is 14.5. The van der Waals surface area contributed by atoms with Crippen LogP contribution in [-0.4, -0.2) is 28.4 Å². The van der Waals surface area contributed by atoms with Crippen molar-refractivity contribution in [3.8, 4) is 11.8 Å². The predicted molar refractivity (Wildman–Crippen MR) is 90.5 cm³/mol. The van der Waals surface area contributed by atoms with Gasteiger partial charge in [0.05, 0.1) is 11.4 Å². The van der Waals surface area contributed by atoms with Gasteiger partial charge < -0.3 is 16.4 Å². The van der Waals surface area contributed by atoms with Crippen LogP contribution in [0.25, 0.3) is 5.69 Å². The maximum absolute atomic E-state index is 13.1. The van der Waals surface area contributed by atoms with E-state index >= 15 is 0 Å². The lowest BCUT2D eigenvalue weighted by Crippen LogP contribution is -2.37. The van der Waals surface area contributed by atoms with E-state index in [2.05, 4.69) is 21.8 Å². The Hall–Kier alpha value is -3.08. The zero-order valence-corrected chi connectivity index (χ0v) is 13.6. The lowest BCUT2D eigenvalue weighted by atomic mass is 10.1. The van der Waals surface area contributed by atoms with Crippen molar-refractivity contribution in [3.05, 3.63) is 41.3 Å². The molecule has 0 spiro atoms. The molecule has 0 radical (unpaired) electrons. The largest absolute Gasteiger partial charge is 0.382 e. The number of nitrogen functional groups attached to an aromatic ring is 1. The molecule has 8 heteroatoms. The van der Waals surface area contributed by atoms with Crippen LogP contribution in [0.4, 0.5) is 15.0 Å². The van der Waals surface area contributed by atoms with E-state index in [9.17, 15) is 14.4 Å². The first-order valence-corrected chi connectivity index (χ1v) is 8.16. The van der Waals surface area contributed by atoms with Crippen molar-refractivity contribution in [2.75, 3.05) is 12.3 Å². The molecule has 0 saturated heterocycles. The fourth-order valence-corrected chi connectivity index (χ4v) is 2.48. The number of nitriles is 1. The smallest absolute Gasteiger partial charge is 0.315 e. The van der Waals surface area contributed by atoms with E-state index < -0.39 is 0 Å². The van der Waals surface area contributed by atoms with Crippen LogP contribution < -0.4 is 16.4 Å². The molecule has 1 aromatic heterocycles. The predicted octanol–water partition coefficient (Wildman–Crippen LogP) is 1.86. The summed E-state index contributed by atoms with van der Waals surface area (Å²) in [6.07, 6.45) is 3.22. The molecule has 0 aliphatic heterocycles. The number of aryl methyl sites for hydroxylation is 1. The molecule has 3 rings (SSSR count). The molecule has 130 valence electrons. The molecule has 0 unspecified atom stereocenters. The van der Waals surface area contributed by atoms with E-state index in [1.165, 1.54) is 16.8 Å². The molecule has 7 nitrogen and oxygen atoms in total. The van der Waals surface area contributed by atoms with E-state index in [1.54, 1.807) is 12.1 Å². The third kappa shape index (κ3) is 4.07. The quantitative estimate of drug-likeness (QED) is 0.696. The van der Waals surface area contributed by atoms with E-state index in [0.29, 0.717) is 42.4 Å². The van der Waals surface area contributed by atoms with Gasteiger partial charge in [0.1, 0.15) is 23.3 Å². The van der Waals surface area contributed by atoms with Crippen LogP contribution in [0.5, 0.6) is 0 Å². The number of hydrogen-bond donors (Lipinski definition) is 3. The number of nitrogens with two attached hydrogens (primary N) is 1. The summed E-state index contributed by atoms with van der Waals surface area (Å²) in [5.74, 6) is -0.130. The number of anilines is 1. The molecule has 1 aliphatic carbocycles. The minimum atomic E-state index is -0.356. The molecule has 1 aliphatic rings.